The number of rotatable bonds is 16. The molecule has 2 atom stereocenters. The first-order valence-corrected chi connectivity index (χ1v) is 15.7. The molecule has 3 rings (SSSR count). The van der Waals surface area contributed by atoms with Crippen LogP contribution in [0.4, 0.5) is 19.0 Å². The minimum atomic E-state index is -5.35. The number of carbonyl (C=O) groups is 4. The van der Waals surface area contributed by atoms with Crippen molar-refractivity contribution in [2.75, 3.05) is 23.9 Å². The second-order valence-electron chi connectivity index (χ2n) is 10.0. The molecule has 13 heteroatoms. The molecule has 0 spiro atoms. The quantitative estimate of drug-likeness (QED) is 0.107. The number of pyridine rings is 1. The number of esters is 2. The maximum atomic E-state index is 13.4. The van der Waals surface area contributed by atoms with Gasteiger partial charge in [-0.3, -0.25) is 14.4 Å². The summed E-state index contributed by atoms with van der Waals surface area (Å²) in [6.07, 6.45) is -0.900. The van der Waals surface area contributed by atoms with E-state index in [1.807, 2.05) is 54.8 Å². The molecule has 0 aliphatic carbocycles. The summed E-state index contributed by atoms with van der Waals surface area (Å²) in [5.41, 5.74) is 2.14. The zero-order valence-corrected chi connectivity index (χ0v) is 25.5. The summed E-state index contributed by atoms with van der Waals surface area (Å²) < 4.78 is 42.1. The van der Waals surface area contributed by atoms with Crippen molar-refractivity contribution in [2.24, 2.45) is 0 Å². The average Bonchev–Trinajstić information content (AvgIpc) is 3.03. The molecular formula is C32H35F3N4O5S. The molecule has 0 bridgehead atoms. The summed E-state index contributed by atoms with van der Waals surface area (Å²) in [5, 5.41) is 8.57. The van der Waals surface area contributed by atoms with Gasteiger partial charge in [-0.25, -0.2) is 9.78 Å². The Morgan fingerprint density at radius 1 is 0.889 bits per heavy atom. The van der Waals surface area contributed by atoms with Gasteiger partial charge in [0.25, 0.3) is 0 Å². The summed E-state index contributed by atoms with van der Waals surface area (Å²) in [5.74, 6) is -3.80. The van der Waals surface area contributed by atoms with Crippen molar-refractivity contribution in [2.45, 2.75) is 50.4 Å². The van der Waals surface area contributed by atoms with Gasteiger partial charge in [0.1, 0.15) is 11.9 Å². The molecule has 3 aromatic rings. The van der Waals surface area contributed by atoms with Gasteiger partial charge in [-0.15, -0.1) is 0 Å². The maximum absolute atomic E-state index is 13.4. The minimum absolute atomic E-state index is 0.170. The van der Waals surface area contributed by atoms with E-state index in [2.05, 4.69) is 25.7 Å². The number of benzene rings is 2. The number of halogens is 3. The SMILES string of the molecule is CSCC[C@@H](NC(=O)CCCCNc1ccccn1)C(=O)NC(CC(=O)OC(=O)C(F)(F)F)c1ccc(-c2ccccc2)cc1. The first-order valence-electron chi connectivity index (χ1n) is 14.3. The van der Waals surface area contributed by atoms with Crippen LogP contribution in [0.3, 0.4) is 0 Å². The first-order chi connectivity index (χ1) is 21.6. The molecule has 0 radical (unpaired) electrons. The fourth-order valence-corrected chi connectivity index (χ4v) is 4.77. The van der Waals surface area contributed by atoms with Gasteiger partial charge in [0.2, 0.25) is 11.8 Å². The maximum Gasteiger partial charge on any atom is 0.491 e. The second-order valence-corrected chi connectivity index (χ2v) is 11.0. The van der Waals surface area contributed by atoms with Crippen molar-refractivity contribution in [1.29, 1.82) is 0 Å². The van der Waals surface area contributed by atoms with Gasteiger partial charge < -0.3 is 20.7 Å². The fraction of sp³-hybridized carbons (Fsp3) is 0.344. The lowest BCUT2D eigenvalue weighted by atomic mass is 9.98. The third kappa shape index (κ3) is 12.3. The number of unbranched alkanes of at least 4 members (excludes halogenated alkanes) is 1. The number of hydrogen-bond acceptors (Lipinski definition) is 8. The molecule has 9 nitrogen and oxygen atoms in total. The number of carbonyl (C=O) groups excluding carboxylic acids is 4. The number of ether oxygens (including phenoxy) is 1. The molecule has 0 saturated heterocycles. The van der Waals surface area contributed by atoms with Gasteiger partial charge in [0, 0.05) is 19.2 Å². The van der Waals surface area contributed by atoms with Gasteiger partial charge in [0.15, 0.2) is 0 Å². The number of thioether (sulfide) groups is 1. The molecule has 3 N–H and O–H groups in total. The average molecular weight is 645 g/mol. The lowest BCUT2D eigenvalue weighted by molar-refractivity contribution is -0.202. The molecule has 45 heavy (non-hydrogen) atoms. The van der Waals surface area contributed by atoms with E-state index in [9.17, 15) is 32.3 Å². The second kappa shape index (κ2) is 17.8. The van der Waals surface area contributed by atoms with Crippen LogP contribution in [-0.2, 0) is 23.9 Å². The number of anilines is 1. The molecule has 0 fully saturated rings. The third-order valence-electron chi connectivity index (χ3n) is 6.61. The Labute approximate surface area is 263 Å². The van der Waals surface area contributed by atoms with Crippen LogP contribution in [0.5, 0.6) is 0 Å². The molecule has 1 unspecified atom stereocenters. The molecule has 240 valence electrons. The monoisotopic (exact) mass is 644 g/mol. The lowest BCUT2D eigenvalue weighted by Gasteiger charge is -2.24. The molecule has 2 amide bonds. The Balaban J connectivity index is 1.67. The van der Waals surface area contributed by atoms with E-state index < -0.39 is 42.5 Å². The van der Waals surface area contributed by atoms with Crippen molar-refractivity contribution < 1.29 is 37.1 Å². The van der Waals surface area contributed by atoms with E-state index in [1.165, 1.54) is 11.8 Å². The van der Waals surface area contributed by atoms with E-state index in [-0.39, 0.29) is 18.7 Å². The zero-order valence-electron chi connectivity index (χ0n) is 24.6. The highest BCUT2D eigenvalue weighted by molar-refractivity contribution is 7.98. The zero-order chi connectivity index (χ0) is 32.7. The summed E-state index contributed by atoms with van der Waals surface area (Å²) in [7, 11) is 0. The standard InChI is InChI=1S/C32H35F3N4O5S/c1-45-20-17-25(38-28(40)12-6-8-19-37-27-11-5-7-18-36-27)30(42)39-26(21-29(41)44-31(43)32(33,34)35)24-15-13-23(14-16-24)22-9-3-2-4-10-22/h2-5,7,9-11,13-16,18,25-26H,6,8,12,17,19-21H2,1H3,(H,36,37)(H,38,40)(H,39,42)/t25-,26?/m1/s1. The summed E-state index contributed by atoms with van der Waals surface area (Å²) in [6, 6.07) is 19.5. The van der Waals surface area contributed by atoms with Crippen LogP contribution in [-0.4, -0.2) is 59.5 Å². The number of nitrogens with zero attached hydrogens (tertiary/aromatic N) is 1. The van der Waals surface area contributed by atoms with Crippen LogP contribution in [0.25, 0.3) is 11.1 Å². The van der Waals surface area contributed by atoms with Gasteiger partial charge in [0.05, 0.1) is 12.5 Å². The Hall–Kier alpha value is -4.39. The number of alkyl halides is 3. The summed E-state index contributed by atoms with van der Waals surface area (Å²) >= 11 is 1.47. The molecular weight excluding hydrogens is 609 g/mol. The van der Waals surface area contributed by atoms with E-state index >= 15 is 0 Å². The molecule has 2 aromatic carbocycles. The Morgan fingerprint density at radius 2 is 1.58 bits per heavy atom. The van der Waals surface area contributed by atoms with Crippen molar-refractivity contribution in [3.8, 4) is 11.1 Å². The number of hydrogen-bond donors (Lipinski definition) is 3. The van der Waals surface area contributed by atoms with E-state index in [0.29, 0.717) is 30.7 Å². The largest absolute Gasteiger partial charge is 0.491 e. The van der Waals surface area contributed by atoms with Crippen LogP contribution in [0.15, 0.2) is 79.0 Å². The highest BCUT2D eigenvalue weighted by atomic mass is 32.2. The van der Waals surface area contributed by atoms with E-state index in [4.69, 9.17) is 0 Å². The van der Waals surface area contributed by atoms with Crippen LogP contribution in [0.1, 0.15) is 43.7 Å². The number of aromatic nitrogens is 1. The van der Waals surface area contributed by atoms with E-state index in [1.54, 1.807) is 30.5 Å². The predicted octanol–water partition coefficient (Wildman–Crippen LogP) is 5.45. The lowest BCUT2D eigenvalue weighted by Crippen LogP contribution is -2.48. The molecule has 1 aromatic heterocycles. The van der Waals surface area contributed by atoms with Crippen LogP contribution >= 0.6 is 11.8 Å². The van der Waals surface area contributed by atoms with Crippen molar-refractivity contribution >= 4 is 41.3 Å². The van der Waals surface area contributed by atoms with Crippen molar-refractivity contribution in [1.82, 2.24) is 15.6 Å². The van der Waals surface area contributed by atoms with E-state index in [0.717, 1.165) is 16.9 Å². The van der Waals surface area contributed by atoms with Crippen LogP contribution in [0.2, 0.25) is 0 Å². The minimum Gasteiger partial charge on any atom is -0.386 e. The van der Waals surface area contributed by atoms with Gasteiger partial charge >= 0.3 is 18.1 Å². The van der Waals surface area contributed by atoms with Gasteiger partial charge in [-0.1, -0.05) is 60.7 Å². The topological polar surface area (TPSA) is 126 Å². The van der Waals surface area contributed by atoms with Crippen molar-refractivity contribution in [3.05, 3.63) is 84.6 Å². The van der Waals surface area contributed by atoms with Crippen LogP contribution < -0.4 is 16.0 Å². The number of nitrogens with one attached hydrogen (secondary N) is 3. The molecule has 0 saturated carbocycles. The molecule has 1 heterocycles. The molecule has 0 aliphatic rings. The van der Waals surface area contributed by atoms with Gasteiger partial charge in [-0.2, -0.15) is 24.9 Å². The summed E-state index contributed by atoms with van der Waals surface area (Å²) in [6.45, 7) is 0.609. The third-order valence-corrected chi connectivity index (χ3v) is 7.25. The fourth-order valence-electron chi connectivity index (χ4n) is 4.30. The number of amides is 2. The Morgan fingerprint density at radius 3 is 2.22 bits per heavy atom. The highest BCUT2D eigenvalue weighted by Gasteiger charge is 2.42. The Bertz CT molecular complexity index is 1390. The molecule has 0 aliphatic heterocycles. The Kier molecular flexibility index (Phi) is 13.9. The van der Waals surface area contributed by atoms with Crippen molar-refractivity contribution in [3.63, 3.8) is 0 Å². The normalized spacial score (nSPS) is 12.4. The summed E-state index contributed by atoms with van der Waals surface area (Å²) in [4.78, 5) is 53.9. The highest BCUT2D eigenvalue weighted by Crippen LogP contribution is 2.25. The first kappa shape index (κ1) is 35.1. The smallest absolute Gasteiger partial charge is 0.386 e. The van der Waals surface area contributed by atoms with Gasteiger partial charge in [-0.05, 0) is 60.1 Å². The van der Waals surface area contributed by atoms with Crippen LogP contribution in [0, 0.1) is 0 Å². The predicted molar refractivity (Wildman–Crippen MR) is 166 cm³/mol.